The monoisotopic (exact) mass is 529 g/mol. The third-order valence-corrected chi connectivity index (χ3v) is 8.93. The SMILES string of the molecule is CCCCCCCCCCCCCCCCC(c1[nH]cc[n+]1CC)C(C)(Cc1ccccc1)c1ccccc1. The van der Waals surface area contributed by atoms with E-state index in [2.05, 4.69) is 103 Å². The number of rotatable bonds is 21. The summed E-state index contributed by atoms with van der Waals surface area (Å²) < 4.78 is 2.43. The van der Waals surface area contributed by atoms with Crippen molar-refractivity contribution in [1.82, 2.24) is 4.98 Å². The zero-order chi connectivity index (χ0) is 27.6. The number of aromatic amines is 1. The van der Waals surface area contributed by atoms with Gasteiger partial charge in [0.1, 0.15) is 12.4 Å². The molecule has 1 heterocycles. The van der Waals surface area contributed by atoms with Gasteiger partial charge < -0.3 is 0 Å². The Hall–Kier alpha value is -2.35. The first-order chi connectivity index (χ1) is 19.2. The molecule has 3 rings (SSSR count). The van der Waals surface area contributed by atoms with Crippen molar-refractivity contribution in [2.24, 2.45) is 0 Å². The van der Waals surface area contributed by atoms with Crippen LogP contribution in [0.3, 0.4) is 0 Å². The maximum absolute atomic E-state index is 3.68. The summed E-state index contributed by atoms with van der Waals surface area (Å²) >= 11 is 0. The molecule has 0 radical (unpaired) electrons. The van der Waals surface area contributed by atoms with Gasteiger partial charge in [0.15, 0.2) is 0 Å². The summed E-state index contributed by atoms with van der Waals surface area (Å²) in [6.45, 7) is 8.07. The second kappa shape index (κ2) is 18.1. The molecule has 0 aliphatic heterocycles. The first-order valence-corrected chi connectivity index (χ1v) is 16.3. The molecule has 0 fully saturated rings. The molecule has 2 heteroatoms. The molecule has 0 saturated carbocycles. The molecule has 0 amide bonds. The van der Waals surface area contributed by atoms with Crippen LogP contribution in [0, 0.1) is 0 Å². The predicted octanol–water partition coefficient (Wildman–Crippen LogP) is 10.5. The number of imidazole rings is 1. The average molecular weight is 530 g/mol. The van der Waals surface area contributed by atoms with Crippen molar-refractivity contribution < 1.29 is 4.57 Å². The van der Waals surface area contributed by atoms with Gasteiger partial charge in [0.05, 0.1) is 12.5 Å². The largest absolute Gasteiger partial charge is 0.258 e. The van der Waals surface area contributed by atoms with E-state index < -0.39 is 0 Å². The van der Waals surface area contributed by atoms with E-state index in [0.29, 0.717) is 5.92 Å². The van der Waals surface area contributed by atoms with Crippen molar-refractivity contribution >= 4 is 0 Å². The molecule has 39 heavy (non-hydrogen) atoms. The van der Waals surface area contributed by atoms with E-state index in [9.17, 15) is 0 Å². The number of aryl methyl sites for hydroxylation is 1. The topological polar surface area (TPSA) is 19.7 Å². The van der Waals surface area contributed by atoms with Crippen LogP contribution in [0.4, 0.5) is 0 Å². The fourth-order valence-corrected chi connectivity index (χ4v) is 6.52. The number of hydrogen-bond acceptors (Lipinski definition) is 0. The Bertz CT molecular complexity index is 993. The van der Waals surface area contributed by atoms with Gasteiger partial charge in [-0.2, -0.15) is 0 Å². The molecule has 2 nitrogen and oxygen atoms in total. The predicted molar refractivity (Wildman–Crippen MR) is 168 cm³/mol. The van der Waals surface area contributed by atoms with Crippen LogP contribution in [-0.4, -0.2) is 4.98 Å². The molecule has 1 aromatic heterocycles. The summed E-state index contributed by atoms with van der Waals surface area (Å²) in [5.74, 6) is 1.82. The lowest BCUT2D eigenvalue weighted by molar-refractivity contribution is -0.701. The van der Waals surface area contributed by atoms with E-state index in [0.717, 1.165) is 13.0 Å². The maximum Gasteiger partial charge on any atom is 0.258 e. The molecule has 2 unspecified atom stereocenters. The average Bonchev–Trinajstić information content (AvgIpc) is 3.44. The number of benzene rings is 2. The highest BCUT2D eigenvalue weighted by Gasteiger charge is 2.41. The highest BCUT2D eigenvalue weighted by Crippen LogP contribution is 2.43. The Kier molecular flexibility index (Phi) is 14.5. The molecule has 0 aliphatic rings. The van der Waals surface area contributed by atoms with Crippen LogP contribution < -0.4 is 4.57 Å². The standard InChI is InChI=1S/C37H56N2/c1-4-6-7-8-9-10-11-12-13-14-15-16-17-24-29-35(36-38-30-31-39(36)5-2)37(3,34-27-22-19-23-28-34)32-33-25-20-18-21-26-33/h18-23,25-28,30-31,35H,4-17,24,29,32H2,1-3H3/p+1. The first kappa shape index (κ1) is 31.2. The summed E-state index contributed by atoms with van der Waals surface area (Å²) in [7, 11) is 0. The van der Waals surface area contributed by atoms with Gasteiger partial charge in [-0.05, 0) is 30.9 Å². The summed E-state index contributed by atoms with van der Waals surface area (Å²) in [6.07, 6.45) is 26.3. The van der Waals surface area contributed by atoms with Crippen molar-refractivity contribution in [3.63, 3.8) is 0 Å². The van der Waals surface area contributed by atoms with Crippen molar-refractivity contribution in [2.45, 2.75) is 141 Å². The minimum absolute atomic E-state index is 0.0148. The van der Waals surface area contributed by atoms with Crippen molar-refractivity contribution in [3.05, 3.63) is 90.0 Å². The van der Waals surface area contributed by atoms with Crippen molar-refractivity contribution in [1.29, 1.82) is 0 Å². The minimum atomic E-state index is 0.0148. The van der Waals surface area contributed by atoms with E-state index in [4.69, 9.17) is 0 Å². The molecule has 0 bridgehead atoms. The Labute approximate surface area is 240 Å². The van der Waals surface area contributed by atoms with Crippen LogP contribution in [0.15, 0.2) is 73.1 Å². The third kappa shape index (κ3) is 10.3. The number of H-pyrrole nitrogens is 1. The molecule has 2 atom stereocenters. The third-order valence-electron chi connectivity index (χ3n) is 8.93. The summed E-state index contributed by atoms with van der Waals surface area (Å²) in [6, 6.07) is 22.4. The van der Waals surface area contributed by atoms with E-state index in [-0.39, 0.29) is 5.41 Å². The van der Waals surface area contributed by atoms with Gasteiger partial charge in [0, 0.05) is 5.41 Å². The van der Waals surface area contributed by atoms with Crippen LogP contribution in [0.25, 0.3) is 0 Å². The molecule has 2 aromatic carbocycles. The van der Waals surface area contributed by atoms with Gasteiger partial charge in [0.25, 0.3) is 5.82 Å². The smallest absolute Gasteiger partial charge is 0.247 e. The molecule has 214 valence electrons. The molecule has 0 saturated heterocycles. The number of nitrogens with one attached hydrogen (secondary N) is 1. The molecule has 1 N–H and O–H groups in total. The zero-order valence-corrected chi connectivity index (χ0v) is 25.5. The second-order valence-corrected chi connectivity index (χ2v) is 12.0. The minimum Gasteiger partial charge on any atom is -0.247 e. The van der Waals surface area contributed by atoms with Crippen LogP contribution in [0.2, 0.25) is 0 Å². The number of aromatic nitrogens is 2. The Morgan fingerprint density at radius 2 is 1.18 bits per heavy atom. The fraction of sp³-hybridized carbons (Fsp3) is 0.595. The highest BCUT2D eigenvalue weighted by atomic mass is 15.1. The van der Waals surface area contributed by atoms with Crippen LogP contribution in [0.1, 0.15) is 140 Å². The maximum atomic E-state index is 3.68. The lowest BCUT2D eigenvalue weighted by Gasteiger charge is -2.37. The number of hydrogen-bond donors (Lipinski definition) is 1. The number of unbranched alkanes of at least 4 members (excludes halogenated alkanes) is 13. The lowest BCUT2D eigenvalue weighted by atomic mass is 9.66. The molecule has 3 aromatic rings. The van der Waals surface area contributed by atoms with Crippen LogP contribution >= 0.6 is 0 Å². The van der Waals surface area contributed by atoms with Gasteiger partial charge >= 0.3 is 0 Å². The summed E-state index contributed by atoms with van der Waals surface area (Å²) in [5, 5.41) is 0. The Morgan fingerprint density at radius 3 is 1.72 bits per heavy atom. The Morgan fingerprint density at radius 1 is 0.667 bits per heavy atom. The van der Waals surface area contributed by atoms with Gasteiger partial charge in [0.2, 0.25) is 0 Å². The highest BCUT2D eigenvalue weighted by molar-refractivity contribution is 5.32. The van der Waals surface area contributed by atoms with Gasteiger partial charge in [-0.15, -0.1) is 0 Å². The van der Waals surface area contributed by atoms with Crippen LogP contribution in [0.5, 0.6) is 0 Å². The normalized spacial score (nSPS) is 13.8. The number of nitrogens with zero attached hydrogens (tertiary/aromatic N) is 1. The van der Waals surface area contributed by atoms with E-state index in [1.807, 2.05) is 0 Å². The van der Waals surface area contributed by atoms with E-state index in [1.54, 1.807) is 0 Å². The molecule has 0 spiro atoms. The summed E-state index contributed by atoms with van der Waals surface area (Å²) in [4.78, 5) is 3.68. The molecule has 0 aliphatic carbocycles. The second-order valence-electron chi connectivity index (χ2n) is 12.0. The van der Waals surface area contributed by atoms with E-state index >= 15 is 0 Å². The van der Waals surface area contributed by atoms with Gasteiger partial charge in [-0.25, -0.2) is 9.55 Å². The zero-order valence-electron chi connectivity index (χ0n) is 25.5. The molecular formula is C37H57N2+. The quantitative estimate of drug-likeness (QED) is 0.105. The fourth-order valence-electron chi connectivity index (χ4n) is 6.52. The lowest BCUT2D eigenvalue weighted by Crippen LogP contribution is -2.43. The van der Waals surface area contributed by atoms with Gasteiger partial charge in [-0.3, -0.25) is 0 Å². The van der Waals surface area contributed by atoms with Crippen molar-refractivity contribution in [3.8, 4) is 0 Å². The van der Waals surface area contributed by atoms with Crippen LogP contribution in [-0.2, 0) is 18.4 Å². The molecular weight excluding hydrogens is 472 g/mol. The van der Waals surface area contributed by atoms with Gasteiger partial charge in [-0.1, -0.05) is 164 Å². The Balaban J connectivity index is 1.55. The van der Waals surface area contributed by atoms with Crippen molar-refractivity contribution in [2.75, 3.05) is 0 Å². The first-order valence-electron chi connectivity index (χ1n) is 16.3. The summed E-state index contributed by atoms with van der Waals surface area (Å²) in [5.41, 5.74) is 2.88. The van der Waals surface area contributed by atoms with E-state index in [1.165, 1.54) is 113 Å².